The zero-order valence-corrected chi connectivity index (χ0v) is 48.1. The van der Waals surface area contributed by atoms with E-state index in [2.05, 4.69) is 57.2 Å². The number of carboxylic acid groups (broad SMARTS) is 3. The second-order valence-corrected chi connectivity index (χ2v) is 19.2. The predicted molar refractivity (Wildman–Crippen MR) is 281 cm³/mol. The number of carbonyl (C=O) groups is 3. The summed E-state index contributed by atoms with van der Waals surface area (Å²) >= 11 is 0. The standard InChI is InChI=1S/3C20H38O2.Nd/c3*1-2-3-4-5-6-7-8-9-10-11-12-13-14-15-16-17-18-19-20(21)22;/h3*11-12H,2-10,13-19H2,1H3,(H,21,22);/q;;;+3/p-3/b3*12-11-;. The first kappa shape index (κ1) is 72.5. The Balaban J connectivity index is -0.000000441. The average Bonchev–Trinajstić information content (AvgIpc) is 3.29. The first-order chi connectivity index (χ1) is 32.3. The van der Waals surface area contributed by atoms with Crippen molar-refractivity contribution in [1.82, 2.24) is 0 Å². The topological polar surface area (TPSA) is 120 Å². The van der Waals surface area contributed by atoms with Gasteiger partial charge in [-0.25, -0.2) is 0 Å². The zero-order chi connectivity index (χ0) is 48.9. The van der Waals surface area contributed by atoms with Crippen LogP contribution in [-0.4, -0.2) is 17.9 Å². The van der Waals surface area contributed by atoms with Crippen molar-refractivity contribution in [2.75, 3.05) is 0 Å². The molecule has 6 nitrogen and oxygen atoms in total. The Morgan fingerprint density at radius 3 is 0.522 bits per heavy atom. The molecule has 0 saturated carbocycles. The molecule has 0 aliphatic heterocycles. The molecule has 1 radical (unpaired) electrons. The van der Waals surface area contributed by atoms with Gasteiger partial charge in [0.25, 0.3) is 0 Å². The smallest absolute Gasteiger partial charge is 0.550 e. The predicted octanol–water partition coefficient (Wildman–Crippen LogP) is 16.7. The first-order valence-corrected chi connectivity index (χ1v) is 28.9. The molecule has 0 heterocycles. The van der Waals surface area contributed by atoms with E-state index in [4.69, 9.17) is 0 Å². The van der Waals surface area contributed by atoms with Crippen LogP contribution in [0.3, 0.4) is 0 Å². The van der Waals surface area contributed by atoms with Crippen LogP contribution in [0.4, 0.5) is 0 Å². The fourth-order valence-electron chi connectivity index (χ4n) is 8.08. The van der Waals surface area contributed by atoms with Gasteiger partial charge in [0.15, 0.2) is 0 Å². The number of aliphatic carboxylic acids is 3. The third kappa shape index (κ3) is 82.2. The van der Waals surface area contributed by atoms with Crippen molar-refractivity contribution < 1.29 is 70.5 Å². The van der Waals surface area contributed by atoms with Gasteiger partial charge in [-0.2, -0.15) is 0 Å². The number of allylic oxidation sites excluding steroid dienone is 6. The molecular weight excluding hydrogens is 961 g/mol. The minimum Gasteiger partial charge on any atom is -0.550 e. The number of hydrogen-bond donors (Lipinski definition) is 0. The van der Waals surface area contributed by atoms with E-state index in [0.29, 0.717) is 0 Å². The van der Waals surface area contributed by atoms with Crippen molar-refractivity contribution in [2.45, 2.75) is 329 Å². The van der Waals surface area contributed by atoms with Gasteiger partial charge >= 0.3 is 40.8 Å². The summed E-state index contributed by atoms with van der Waals surface area (Å²) in [6.45, 7) is 6.80. The van der Waals surface area contributed by atoms with E-state index in [1.54, 1.807) is 0 Å². The van der Waals surface area contributed by atoms with E-state index in [1.165, 1.54) is 231 Å². The average molecular weight is 1070 g/mol. The summed E-state index contributed by atoms with van der Waals surface area (Å²) in [6, 6.07) is 0. The van der Waals surface area contributed by atoms with Crippen molar-refractivity contribution in [2.24, 2.45) is 0 Å². The van der Waals surface area contributed by atoms with E-state index in [9.17, 15) is 29.7 Å². The minimum absolute atomic E-state index is 0. The van der Waals surface area contributed by atoms with Crippen LogP contribution in [-0.2, 0) is 14.4 Å². The Kier molecular flexibility index (Phi) is 74.9. The van der Waals surface area contributed by atoms with Crippen molar-refractivity contribution in [3.05, 3.63) is 36.5 Å². The summed E-state index contributed by atoms with van der Waals surface area (Å²) in [5, 5.41) is 30.7. The van der Waals surface area contributed by atoms with Crippen LogP contribution in [0.2, 0.25) is 0 Å². The molecule has 0 aromatic heterocycles. The third-order valence-electron chi connectivity index (χ3n) is 12.4. The number of carbonyl (C=O) groups excluding carboxylic acids is 3. The Morgan fingerprint density at radius 1 is 0.239 bits per heavy atom. The van der Waals surface area contributed by atoms with Gasteiger partial charge in [0.05, 0.1) is 0 Å². The first-order valence-electron chi connectivity index (χ1n) is 28.9. The molecule has 0 unspecified atom stereocenters. The number of carboxylic acids is 3. The Morgan fingerprint density at radius 2 is 0.373 bits per heavy atom. The van der Waals surface area contributed by atoms with Gasteiger partial charge in [0.1, 0.15) is 0 Å². The molecule has 0 spiro atoms. The molecule has 0 aromatic rings. The largest absolute Gasteiger partial charge is 3.00 e. The van der Waals surface area contributed by atoms with Gasteiger partial charge in [-0.15, -0.1) is 0 Å². The molecule has 67 heavy (non-hydrogen) atoms. The summed E-state index contributed by atoms with van der Waals surface area (Å²) in [5.74, 6) is -2.74. The number of rotatable bonds is 51. The molecule has 0 bridgehead atoms. The molecule has 0 saturated heterocycles. The Labute approximate surface area is 450 Å². The molecule has 0 rings (SSSR count). The summed E-state index contributed by atoms with van der Waals surface area (Å²) in [6.07, 6.45) is 71.5. The summed E-state index contributed by atoms with van der Waals surface area (Å²) in [4.78, 5) is 30.7. The van der Waals surface area contributed by atoms with E-state index in [0.717, 1.165) is 57.8 Å². The van der Waals surface area contributed by atoms with E-state index >= 15 is 0 Å². The van der Waals surface area contributed by atoms with Gasteiger partial charge in [0.2, 0.25) is 0 Å². The Bertz CT molecular complexity index is 911. The summed E-state index contributed by atoms with van der Waals surface area (Å²) < 4.78 is 0. The molecule has 0 atom stereocenters. The van der Waals surface area contributed by atoms with Gasteiger partial charge in [-0.1, -0.05) is 250 Å². The van der Waals surface area contributed by atoms with Crippen LogP contribution in [0.1, 0.15) is 329 Å². The van der Waals surface area contributed by atoms with Crippen LogP contribution in [0, 0.1) is 40.8 Å². The van der Waals surface area contributed by atoms with Crippen LogP contribution in [0.25, 0.3) is 0 Å². The van der Waals surface area contributed by atoms with Crippen LogP contribution < -0.4 is 15.3 Å². The van der Waals surface area contributed by atoms with Crippen molar-refractivity contribution >= 4 is 17.9 Å². The molecule has 391 valence electrons. The third-order valence-corrected chi connectivity index (χ3v) is 12.4. The van der Waals surface area contributed by atoms with Crippen LogP contribution in [0.15, 0.2) is 36.5 Å². The van der Waals surface area contributed by atoms with Crippen molar-refractivity contribution in [1.29, 1.82) is 0 Å². The fraction of sp³-hybridized carbons (Fsp3) is 0.850. The maximum Gasteiger partial charge on any atom is 3.00 e. The molecule has 0 aliphatic carbocycles. The van der Waals surface area contributed by atoms with Gasteiger partial charge in [0, 0.05) is 17.9 Å². The Hall–Kier alpha value is -1.02. The van der Waals surface area contributed by atoms with Gasteiger partial charge in [-0.05, 0) is 116 Å². The fourth-order valence-corrected chi connectivity index (χ4v) is 8.08. The maximum absolute atomic E-state index is 10.2. The second kappa shape index (κ2) is 69.2. The van der Waals surface area contributed by atoms with E-state index < -0.39 is 17.9 Å². The van der Waals surface area contributed by atoms with Crippen LogP contribution >= 0.6 is 0 Å². The summed E-state index contributed by atoms with van der Waals surface area (Å²) in [5.41, 5.74) is 0. The molecule has 0 amide bonds. The normalized spacial score (nSPS) is 11.1. The van der Waals surface area contributed by atoms with Crippen molar-refractivity contribution in [3.63, 3.8) is 0 Å². The molecule has 0 fully saturated rings. The quantitative estimate of drug-likeness (QED) is 0.0442. The monoisotopic (exact) mass is 1070 g/mol. The molecule has 0 N–H and O–H groups in total. The molecular formula is C60H111NdO6. The van der Waals surface area contributed by atoms with Gasteiger partial charge in [-0.3, -0.25) is 0 Å². The molecule has 0 aliphatic rings. The summed E-state index contributed by atoms with van der Waals surface area (Å²) in [7, 11) is 0. The van der Waals surface area contributed by atoms with Gasteiger partial charge < -0.3 is 29.7 Å². The van der Waals surface area contributed by atoms with Crippen LogP contribution in [0.5, 0.6) is 0 Å². The maximum atomic E-state index is 10.2. The molecule has 0 aromatic carbocycles. The zero-order valence-electron chi connectivity index (χ0n) is 44.9. The molecule has 7 heteroatoms. The minimum atomic E-state index is -0.913. The van der Waals surface area contributed by atoms with E-state index in [1.807, 2.05) is 0 Å². The van der Waals surface area contributed by atoms with E-state index in [-0.39, 0.29) is 60.1 Å². The SMILES string of the molecule is CCCCCCCCCC/C=C\CCCCCCCC(=O)[O-].CCCCCCCCCC/C=C\CCCCCCCC(=O)[O-].CCCCCCCCCC/C=C\CCCCCCCC(=O)[O-].[Nd+3]. The number of hydrogen-bond acceptors (Lipinski definition) is 6. The van der Waals surface area contributed by atoms with Crippen molar-refractivity contribution in [3.8, 4) is 0 Å². The second-order valence-electron chi connectivity index (χ2n) is 19.2. The number of unbranched alkanes of at least 4 members (excludes halogenated alkanes) is 39.